The first-order valence-electron chi connectivity index (χ1n) is 11.0. The highest BCUT2D eigenvalue weighted by molar-refractivity contribution is 5.93. The van der Waals surface area contributed by atoms with Gasteiger partial charge in [-0.25, -0.2) is 4.98 Å². The van der Waals surface area contributed by atoms with Crippen molar-refractivity contribution in [2.24, 2.45) is 0 Å². The summed E-state index contributed by atoms with van der Waals surface area (Å²) in [6, 6.07) is 14.5. The molecular weight excluding hydrogens is 434 g/mol. The van der Waals surface area contributed by atoms with Gasteiger partial charge in [-0.3, -0.25) is 14.3 Å². The summed E-state index contributed by atoms with van der Waals surface area (Å²) in [5.41, 5.74) is 2.73. The predicted octanol–water partition coefficient (Wildman–Crippen LogP) is 3.69. The zero-order chi connectivity index (χ0) is 24.2. The number of carbonyl (C=O) groups is 1. The molecule has 1 amide bonds. The van der Waals surface area contributed by atoms with Crippen molar-refractivity contribution in [3.63, 3.8) is 0 Å². The number of ether oxygens (including phenoxy) is 2. The number of nitrogens with one attached hydrogen (secondary N) is 1. The molecule has 0 aliphatic rings. The molecule has 4 aromatic rings. The summed E-state index contributed by atoms with van der Waals surface area (Å²) in [7, 11) is 0. The first-order valence-corrected chi connectivity index (χ1v) is 11.0. The van der Waals surface area contributed by atoms with Crippen LogP contribution in [0.3, 0.4) is 0 Å². The minimum atomic E-state index is -0.313. The van der Waals surface area contributed by atoms with Crippen LogP contribution < -0.4 is 20.3 Å². The van der Waals surface area contributed by atoms with E-state index in [0.29, 0.717) is 28.7 Å². The van der Waals surface area contributed by atoms with Gasteiger partial charge in [0.05, 0.1) is 11.4 Å². The number of nitrogens with zero attached hydrogens (tertiary/aromatic N) is 4. The fourth-order valence-corrected chi connectivity index (χ4v) is 3.46. The zero-order valence-electron chi connectivity index (χ0n) is 19.6. The van der Waals surface area contributed by atoms with Gasteiger partial charge >= 0.3 is 0 Å². The van der Waals surface area contributed by atoms with E-state index in [9.17, 15) is 9.59 Å². The molecule has 9 nitrogen and oxygen atoms in total. The van der Waals surface area contributed by atoms with E-state index in [1.807, 2.05) is 58.0 Å². The van der Waals surface area contributed by atoms with Crippen LogP contribution in [0.4, 0.5) is 5.69 Å². The number of fused-ring (bicyclic) bond motifs is 1. The Morgan fingerprint density at radius 3 is 2.62 bits per heavy atom. The van der Waals surface area contributed by atoms with Crippen molar-refractivity contribution in [1.29, 1.82) is 0 Å². The summed E-state index contributed by atoms with van der Waals surface area (Å²) < 4.78 is 14.7. The van der Waals surface area contributed by atoms with Crippen LogP contribution in [0.15, 0.2) is 59.7 Å². The fraction of sp³-hybridized carbons (Fsp3) is 0.280. The molecule has 0 radical (unpaired) electrons. The number of amides is 1. The van der Waals surface area contributed by atoms with E-state index < -0.39 is 0 Å². The molecule has 2 aromatic carbocycles. The summed E-state index contributed by atoms with van der Waals surface area (Å²) >= 11 is 0. The Balaban J connectivity index is 1.46. The molecule has 4 rings (SSSR count). The molecule has 0 aliphatic carbocycles. The molecule has 2 aromatic heterocycles. The molecule has 0 unspecified atom stereocenters. The lowest BCUT2D eigenvalue weighted by Crippen LogP contribution is -2.23. The molecule has 0 aliphatic heterocycles. The van der Waals surface area contributed by atoms with Crippen molar-refractivity contribution >= 4 is 17.4 Å². The zero-order valence-corrected chi connectivity index (χ0v) is 19.6. The Morgan fingerprint density at radius 2 is 1.85 bits per heavy atom. The third-order valence-corrected chi connectivity index (χ3v) is 5.13. The number of anilines is 1. The molecule has 0 bridgehead atoms. The SMILES string of the molecule is Cc1cccc(OCC(=O)Nc2ccc(C)cc2OCc2cc(=O)n3c(ncn3C(C)C)n2)c1. The molecule has 0 saturated heterocycles. The second-order valence-electron chi connectivity index (χ2n) is 8.36. The highest BCUT2D eigenvalue weighted by atomic mass is 16.5. The summed E-state index contributed by atoms with van der Waals surface area (Å²) in [6.07, 6.45) is 1.59. The largest absolute Gasteiger partial charge is 0.485 e. The van der Waals surface area contributed by atoms with Gasteiger partial charge in [0.1, 0.15) is 24.4 Å². The standard InChI is InChI=1S/C25H27N5O4/c1-16(2)29-15-26-25-27-19(12-24(32)30(25)29)13-34-22-11-18(4)8-9-21(22)28-23(31)14-33-20-7-5-6-17(3)10-20/h5-12,15-16H,13-14H2,1-4H3,(H,28,31). The van der Waals surface area contributed by atoms with Crippen LogP contribution in [-0.2, 0) is 11.4 Å². The average Bonchev–Trinajstić information content (AvgIpc) is 3.23. The first kappa shape index (κ1) is 23.0. The first-order chi connectivity index (χ1) is 16.3. The maximum absolute atomic E-state index is 12.6. The van der Waals surface area contributed by atoms with Crippen molar-refractivity contribution in [1.82, 2.24) is 19.2 Å². The van der Waals surface area contributed by atoms with Crippen molar-refractivity contribution in [2.75, 3.05) is 11.9 Å². The van der Waals surface area contributed by atoms with Gasteiger partial charge in [-0.2, -0.15) is 9.50 Å². The second kappa shape index (κ2) is 9.78. The van der Waals surface area contributed by atoms with Gasteiger partial charge in [-0.05, 0) is 63.1 Å². The third-order valence-electron chi connectivity index (χ3n) is 5.13. The minimum absolute atomic E-state index is 0.0480. The topological polar surface area (TPSA) is 99.7 Å². The van der Waals surface area contributed by atoms with Crippen molar-refractivity contribution in [2.45, 2.75) is 40.3 Å². The maximum atomic E-state index is 12.6. The van der Waals surface area contributed by atoms with Crippen LogP contribution in [0.1, 0.15) is 36.7 Å². The monoisotopic (exact) mass is 461 g/mol. The number of hydrogen-bond donors (Lipinski definition) is 1. The van der Waals surface area contributed by atoms with E-state index in [-0.39, 0.29) is 30.7 Å². The lowest BCUT2D eigenvalue weighted by molar-refractivity contribution is -0.118. The average molecular weight is 462 g/mol. The molecule has 0 saturated carbocycles. The van der Waals surface area contributed by atoms with Crippen LogP contribution in [0.25, 0.3) is 5.78 Å². The Morgan fingerprint density at radius 1 is 1.06 bits per heavy atom. The van der Waals surface area contributed by atoms with Crippen molar-refractivity contribution < 1.29 is 14.3 Å². The summed E-state index contributed by atoms with van der Waals surface area (Å²) in [6.45, 7) is 7.72. The van der Waals surface area contributed by atoms with Crippen molar-refractivity contribution in [3.05, 3.63) is 82.0 Å². The van der Waals surface area contributed by atoms with E-state index in [4.69, 9.17) is 9.47 Å². The molecule has 34 heavy (non-hydrogen) atoms. The highest BCUT2D eigenvalue weighted by Gasteiger charge is 2.13. The van der Waals surface area contributed by atoms with Gasteiger partial charge in [0, 0.05) is 12.1 Å². The normalized spacial score (nSPS) is 11.1. The quantitative estimate of drug-likeness (QED) is 0.430. The molecule has 2 heterocycles. The Labute approximate surface area is 197 Å². The summed E-state index contributed by atoms with van der Waals surface area (Å²) in [5, 5.41) is 2.82. The molecule has 0 fully saturated rings. The van der Waals surface area contributed by atoms with Crippen LogP contribution in [0.5, 0.6) is 11.5 Å². The molecule has 176 valence electrons. The fourth-order valence-electron chi connectivity index (χ4n) is 3.46. The molecule has 0 spiro atoms. The molecular formula is C25H27N5O4. The van der Waals surface area contributed by atoms with E-state index in [1.165, 1.54) is 10.6 Å². The number of carbonyl (C=O) groups excluding carboxylic acids is 1. The van der Waals surface area contributed by atoms with Gasteiger partial charge in [-0.15, -0.1) is 0 Å². The maximum Gasteiger partial charge on any atom is 0.274 e. The van der Waals surface area contributed by atoms with Crippen LogP contribution in [0, 0.1) is 13.8 Å². The molecule has 0 atom stereocenters. The lowest BCUT2D eigenvalue weighted by atomic mass is 10.2. The Hall–Kier alpha value is -4.14. The van der Waals surface area contributed by atoms with Crippen molar-refractivity contribution in [3.8, 4) is 11.5 Å². The summed E-state index contributed by atoms with van der Waals surface area (Å²) in [4.78, 5) is 33.7. The predicted molar refractivity (Wildman–Crippen MR) is 128 cm³/mol. The van der Waals surface area contributed by atoms with Gasteiger partial charge in [0.2, 0.25) is 0 Å². The second-order valence-corrected chi connectivity index (χ2v) is 8.36. The molecule has 9 heteroatoms. The van der Waals surface area contributed by atoms with E-state index >= 15 is 0 Å². The number of hydrogen-bond acceptors (Lipinski definition) is 6. The van der Waals surface area contributed by atoms with Gasteiger partial charge in [-0.1, -0.05) is 18.2 Å². The van der Waals surface area contributed by atoms with E-state index in [2.05, 4.69) is 15.3 Å². The van der Waals surface area contributed by atoms with Gasteiger partial charge in [0.15, 0.2) is 6.61 Å². The Kier molecular flexibility index (Phi) is 6.62. The summed E-state index contributed by atoms with van der Waals surface area (Å²) in [5.74, 6) is 1.10. The number of benzene rings is 2. The van der Waals surface area contributed by atoms with Gasteiger partial charge < -0.3 is 14.8 Å². The van der Waals surface area contributed by atoms with Crippen LogP contribution >= 0.6 is 0 Å². The van der Waals surface area contributed by atoms with Crippen LogP contribution in [0.2, 0.25) is 0 Å². The van der Waals surface area contributed by atoms with Gasteiger partial charge in [0.25, 0.3) is 17.2 Å². The minimum Gasteiger partial charge on any atom is -0.485 e. The third kappa shape index (κ3) is 5.25. The molecule has 1 N–H and O–H groups in total. The highest BCUT2D eigenvalue weighted by Crippen LogP contribution is 2.26. The number of rotatable bonds is 8. The Bertz CT molecular complexity index is 1390. The lowest BCUT2D eigenvalue weighted by Gasteiger charge is -2.14. The number of aryl methyl sites for hydroxylation is 2. The van der Waals surface area contributed by atoms with E-state index in [0.717, 1.165) is 11.1 Å². The smallest absolute Gasteiger partial charge is 0.274 e. The van der Waals surface area contributed by atoms with Crippen LogP contribution in [-0.4, -0.2) is 31.7 Å². The number of aromatic nitrogens is 4. The van der Waals surface area contributed by atoms with E-state index in [1.54, 1.807) is 23.1 Å².